The Morgan fingerprint density at radius 1 is 1.09 bits per heavy atom. The summed E-state index contributed by atoms with van der Waals surface area (Å²) in [5.74, 6) is -3.15. The summed E-state index contributed by atoms with van der Waals surface area (Å²) in [6, 6.07) is 9.89. The van der Waals surface area contributed by atoms with Crippen LogP contribution in [0.15, 0.2) is 30.3 Å². The van der Waals surface area contributed by atoms with Gasteiger partial charge in [0.25, 0.3) is 0 Å². The monoisotopic (exact) mass is 329 g/mol. The molecule has 1 fully saturated rings. The lowest BCUT2D eigenvalue weighted by atomic mass is 9.96. The number of hydrazine groups is 1. The molecular formula is C15H18F3N3O2. The number of carbonyl (C=O) groups is 2. The molecule has 0 atom stereocenters. The highest BCUT2D eigenvalue weighted by atomic mass is 19.4. The Bertz CT molecular complexity index is 541. The molecule has 1 saturated heterocycles. The fraction of sp³-hybridized carbons (Fsp3) is 0.467. The molecule has 0 aromatic heterocycles. The summed E-state index contributed by atoms with van der Waals surface area (Å²) in [6.07, 6.45) is -3.92. The second kappa shape index (κ2) is 7.45. The van der Waals surface area contributed by atoms with Crippen molar-refractivity contribution in [2.45, 2.75) is 25.6 Å². The number of benzene rings is 1. The van der Waals surface area contributed by atoms with Crippen LogP contribution in [0.1, 0.15) is 18.4 Å². The molecule has 1 aliphatic rings. The minimum atomic E-state index is -5.01. The zero-order chi connectivity index (χ0) is 16.9. The van der Waals surface area contributed by atoms with Crippen LogP contribution in [0.5, 0.6) is 0 Å². The zero-order valence-corrected chi connectivity index (χ0v) is 12.4. The van der Waals surface area contributed by atoms with Crippen molar-refractivity contribution in [1.29, 1.82) is 0 Å². The molecular weight excluding hydrogens is 311 g/mol. The molecule has 2 N–H and O–H groups in total. The van der Waals surface area contributed by atoms with E-state index in [1.54, 1.807) is 0 Å². The third kappa shape index (κ3) is 5.24. The van der Waals surface area contributed by atoms with E-state index in [4.69, 9.17) is 0 Å². The summed E-state index contributed by atoms with van der Waals surface area (Å²) in [5, 5.41) is 0. The molecule has 0 bridgehead atoms. The van der Waals surface area contributed by atoms with E-state index in [1.807, 2.05) is 35.8 Å². The molecule has 0 radical (unpaired) electrons. The van der Waals surface area contributed by atoms with Gasteiger partial charge in [0, 0.05) is 12.5 Å². The number of nitrogens with zero attached hydrogens (tertiary/aromatic N) is 1. The van der Waals surface area contributed by atoms with Crippen LogP contribution in [0.2, 0.25) is 0 Å². The largest absolute Gasteiger partial charge is 0.472 e. The molecule has 8 heteroatoms. The van der Waals surface area contributed by atoms with Crippen molar-refractivity contribution < 1.29 is 22.8 Å². The lowest BCUT2D eigenvalue weighted by Crippen LogP contribution is -2.50. The summed E-state index contributed by atoms with van der Waals surface area (Å²) < 4.78 is 36.1. The molecule has 1 aromatic rings. The summed E-state index contributed by atoms with van der Waals surface area (Å²) in [4.78, 5) is 24.6. The van der Waals surface area contributed by atoms with Gasteiger partial charge in [-0.25, -0.2) is 0 Å². The number of amides is 2. The number of carbonyl (C=O) groups excluding carboxylic acids is 2. The van der Waals surface area contributed by atoms with Crippen LogP contribution in [0.4, 0.5) is 13.2 Å². The number of likely N-dealkylation sites (tertiary alicyclic amines) is 1. The molecule has 1 aromatic carbocycles. The first-order valence-corrected chi connectivity index (χ1v) is 7.29. The molecule has 1 heterocycles. The van der Waals surface area contributed by atoms with Gasteiger partial charge < -0.3 is 0 Å². The van der Waals surface area contributed by atoms with Crippen LogP contribution < -0.4 is 10.9 Å². The van der Waals surface area contributed by atoms with E-state index in [2.05, 4.69) is 4.90 Å². The molecule has 0 spiro atoms. The number of halogens is 3. The molecule has 23 heavy (non-hydrogen) atoms. The Kier molecular flexibility index (Phi) is 5.59. The SMILES string of the molecule is O=C(NNC(=O)C(F)(F)F)C1CCN(Cc2ccccc2)CC1. The second-order valence-electron chi connectivity index (χ2n) is 5.48. The van der Waals surface area contributed by atoms with E-state index in [1.165, 1.54) is 11.0 Å². The van der Waals surface area contributed by atoms with Gasteiger partial charge in [0.05, 0.1) is 0 Å². The Morgan fingerprint density at radius 2 is 1.70 bits per heavy atom. The number of nitrogens with one attached hydrogen (secondary N) is 2. The van der Waals surface area contributed by atoms with E-state index in [0.29, 0.717) is 25.9 Å². The van der Waals surface area contributed by atoms with Gasteiger partial charge in [-0.2, -0.15) is 13.2 Å². The Morgan fingerprint density at radius 3 is 2.26 bits per heavy atom. The highest BCUT2D eigenvalue weighted by Crippen LogP contribution is 2.19. The van der Waals surface area contributed by atoms with Crippen molar-refractivity contribution in [3.8, 4) is 0 Å². The molecule has 0 saturated carbocycles. The minimum absolute atomic E-state index is 0.393. The standard InChI is InChI=1S/C15H18F3N3O2/c16-15(17,18)14(23)20-19-13(22)12-6-8-21(9-7-12)10-11-4-2-1-3-5-11/h1-5,12H,6-10H2,(H,19,22)(H,20,23). The summed E-state index contributed by atoms with van der Waals surface area (Å²) in [6.45, 7) is 2.14. The molecule has 126 valence electrons. The first kappa shape index (κ1) is 17.3. The maximum Gasteiger partial charge on any atom is 0.472 e. The van der Waals surface area contributed by atoms with Crippen LogP contribution in [-0.2, 0) is 16.1 Å². The second-order valence-corrected chi connectivity index (χ2v) is 5.48. The fourth-order valence-corrected chi connectivity index (χ4v) is 2.49. The summed E-state index contributed by atoms with van der Waals surface area (Å²) >= 11 is 0. The quantitative estimate of drug-likeness (QED) is 0.828. The third-order valence-electron chi connectivity index (χ3n) is 3.76. The highest BCUT2D eigenvalue weighted by Gasteiger charge is 2.39. The van der Waals surface area contributed by atoms with Crippen LogP contribution >= 0.6 is 0 Å². The van der Waals surface area contributed by atoms with E-state index in [-0.39, 0.29) is 0 Å². The van der Waals surface area contributed by atoms with E-state index < -0.39 is 23.9 Å². The van der Waals surface area contributed by atoms with Crippen molar-refractivity contribution in [3.05, 3.63) is 35.9 Å². The van der Waals surface area contributed by atoms with Crippen LogP contribution in [0.25, 0.3) is 0 Å². The van der Waals surface area contributed by atoms with Crippen LogP contribution in [0.3, 0.4) is 0 Å². The third-order valence-corrected chi connectivity index (χ3v) is 3.76. The van der Waals surface area contributed by atoms with Gasteiger partial charge >= 0.3 is 12.1 Å². The van der Waals surface area contributed by atoms with Crippen molar-refractivity contribution in [2.75, 3.05) is 13.1 Å². The van der Waals surface area contributed by atoms with Gasteiger partial charge in [-0.05, 0) is 31.5 Å². The highest BCUT2D eigenvalue weighted by molar-refractivity contribution is 5.86. The van der Waals surface area contributed by atoms with Crippen LogP contribution in [-0.4, -0.2) is 36.0 Å². The van der Waals surface area contributed by atoms with Gasteiger partial charge in [-0.15, -0.1) is 0 Å². The molecule has 5 nitrogen and oxygen atoms in total. The smallest absolute Gasteiger partial charge is 0.299 e. The topological polar surface area (TPSA) is 61.4 Å². The van der Waals surface area contributed by atoms with E-state index >= 15 is 0 Å². The van der Waals surface area contributed by atoms with Gasteiger partial charge in [-0.1, -0.05) is 30.3 Å². The number of alkyl halides is 3. The van der Waals surface area contributed by atoms with Crippen molar-refractivity contribution in [2.24, 2.45) is 5.92 Å². The number of piperidine rings is 1. The number of hydrogen-bond acceptors (Lipinski definition) is 3. The summed E-state index contributed by atoms with van der Waals surface area (Å²) in [7, 11) is 0. The van der Waals surface area contributed by atoms with Crippen molar-refractivity contribution >= 4 is 11.8 Å². The first-order chi connectivity index (χ1) is 10.9. The predicted molar refractivity (Wildman–Crippen MR) is 76.8 cm³/mol. The fourth-order valence-electron chi connectivity index (χ4n) is 2.49. The maximum absolute atomic E-state index is 12.0. The molecule has 2 rings (SSSR count). The van der Waals surface area contributed by atoms with Gasteiger partial charge in [0.2, 0.25) is 5.91 Å². The van der Waals surface area contributed by atoms with Gasteiger partial charge in [0.1, 0.15) is 0 Å². The lowest BCUT2D eigenvalue weighted by Gasteiger charge is -2.31. The van der Waals surface area contributed by atoms with E-state index in [9.17, 15) is 22.8 Å². The Labute approximate surface area is 131 Å². The molecule has 2 amide bonds. The molecule has 0 aliphatic carbocycles. The predicted octanol–water partition coefficient (Wildman–Crippen LogP) is 1.61. The van der Waals surface area contributed by atoms with Crippen LogP contribution in [0, 0.1) is 5.92 Å². The lowest BCUT2D eigenvalue weighted by molar-refractivity contribution is -0.175. The molecule has 1 aliphatic heterocycles. The van der Waals surface area contributed by atoms with Gasteiger partial charge in [-0.3, -0.25) is 25.3 Å². The number of hydrogen-bond donors (Lipinski definition) is 2. The van der Waals surface area contributed by atoms with Crippen molar-refractivity contribution in [3.63, 3.8) is 0 Å². The number of rotatable bonds is 3. The normalized spacial score (nSPS) is 16.8. The average Bonchev–Trinajstić information content (AvgIpc) is 2.53. The average molecular weight is 329 g/mol. The Balaban J connectivity index is 1.73. The van der Waals surface area contributed by atoms with E-state index in [0.717, 1.165) is 6.54 Å². The molecule has 0 unspecified atom stereocenters. The minimum Gasteiger partial charge on any atom is -0.299 e. The summed E-state index contributed by atoms with van der Waals surface area (Å²) in [5.41, 5.74) is 4.41. The van der Waals surface area contributed by atoms with Gasteiger partial charge in [0.15, 0.2) is 0 Å². The first-order valence-electron chi connectivity index (χ1n) is 7.29. The zero-order valence-electron chi connectivity index (χ0n) is 12.4. The maximum atomic E-state index is 12.0. The Hall–Kier alpha value is -2.09. The van der Waals surface area contributed by atoms with Crippen molar-refractivity contribution in [1.82, 2.24) is 15.8 Å².